The first-order valence-electron chi connectivity index (χ1n) is 5.60. The number of nitrogens with zero attached hydrogens (tertiary/aromatic N) is 1. The molecule has 1 N–H and O–H groups in total. The molecule has 1 fully saturated rings. The predicted molar refractivity (Wildman–Crippen MR) is 58.0 cm³/mol. The van der Waals surface area contributed by atoms with Crippen LogP contribution in [0.25, 0.3) is 0 Å². The van der Waals surface area contributed by atoms with E-state index in [1.807, 2.05) is 0 Å². The Labute approximate surface area is 82.7 Å². The highest BCUT2D eigenvalue weighted by molar-refractivity contribution is 4.74. The number of rotatable bonds is 7. The normalized spacial score (nSPS) is 17.3. The average Bonchev–Trinajstić information content (AvgIpc) is 2.83. The van der Waals surface area contributed by atoms with Gasteiger partial charge >= 0.3 is 0 Å². The highest BCUT2D eigenvalue weighted by Crippen LogP contribution is 2.32. The lowest BCUT2D eigenvalue weighted by Gasteiger charge is -2.17. The van der Waals surface area contributed by atoms with E-state index in [1.165, 1.54) is 32.4 Å². The molecule has 0 atom stereocenters. The Kier molecular flexibility index (Phi) is 4.74. The van der Waals surface area contributed by atoms with Crippen LogP contribution in [-0.2, 0) is 0 Å². The molecule has 1 aliphatic carbocycles. The van der Waals surface area contributed by atoms with E-state index in [2.05, 4.69) is 31.1 Å². The Morgan fingerprint density at radius 3 is 2.54 bits per heavy atom. The number of likely N-dealkylation sites (N-methyl/N-ethyl adjacent to an activating group) is 1. The van der Waals surface area contributed by atoms with Crippen molar-refractivity contribution >= 4 is 0 Å². The van der Waals surface area contributed by atoms with Gasteiger partial charge in [-0.3, -0.25) is 0 Å². The molecule has 0 bridgehead atoms. The van der Waals surface area contributed by atoms with E-state index in [-0.39, 0.29) is 0 Å². The van der Waals surface area contributed by atoms with Gasteiger partial charge < -0.3 is 10.2 Å². The SMILES string of the molecule is CC(C)NCCN(C)CCC1CC1. The summed E-state index contributed by atoms with van der Waals surface area (Å²) in [7, 11) is 2.23. The summed E-state index contributed by atoms with van der Waals surface area (Å²) in [6, 6.07) is 0.622. The Bertz CT molecular complexity index is 130. The third kappa shape index (κ3) is 6.05. The van der Waals surface area contributed by atoms with Crippen LogP contribution in [0.15, 0.2) is 0 Å². The summed E-state index contributed by atoms with van der Waals surface area (Å²) in [6.07, 6.45) is 4.38. The highest BCUT2D eigenvalue weighted by Gasteiger charge is 2.20. The second kappa shape index (κ2) is 5.61. The van der Waals surface area contributed by atoms with Crippen LogP contribution < -0.4 is 5.32 Å². The third-order valence-electron chi connectivity index (χ3n) is 2.66. The van der Waals surface area contributed by atoms with Crippen LogP contribution in [0.3, 0.4) is 0 Å². The van der Waals surface area contributed by atoms with Gasteiger partial charge in [0.05, 0.1) is 0 Å². The first-order chi connectivity index (χ1) is 6.18. The minimum atomic E-state index is 0.622. The molecule has 0 unspecified atom stereocenters. The Balaban J connectivity index is 1.87. The molecule has 0 aromatic heterocycles. The van der Waals surface area contributed by atoms with Crippen LogP contribution >= 0.6 is 0 Å². The van der Waals surface area contributed by atoms with Crippen LogP contribution in [0.1, 0.15) is 33.1 Å². The molecular formula is C11H24N2. The molecule has 0 amide bonds. The average molecular weight is 184 g/mol. The summed E-state index contributed by atoms with van der Waals surface area (Å²) in [5.41, 5.74) is 0. The summed E-state index contributed by atoms with van der Waals surface area (Å²) in [6.45, 7) is 7.99. The molecule has 0 aromatic carbocycles. The van der Waals surface area contributed by atoms with E-state index < -0.39 is 0 Å². The van der Waals surface area contributed by atoms with Crippen LogP contribution in [0.5, 0.6) is 0 Å². The zero-order chi connectivity index (χ0) is 9.68. The number of hydrogen-bond acceptors (Lipinski definition) is 2. The van der Waals surface area contributed by atoms with Crippen molar-refractivity contribution in [3.63, 3.8) is 0 Å². The Morgan fingerprint density at radius 2 is 2.00 bits per heavy atom. The van der Waals surface area contributed by atoms with Gasteiger partial charge in [0, 0.05) is 19.1 Å². The quantitative estimate of drug-likeness (QED) is 0.648. The second-order valence-electron chi connectivity index (χ2n) is 4.64. The van der Waals surface area contributed by atoms with Crippen molar-refractivity contribution in [3.8, 4) is 0 Å². The molecule has 0 aliphatic heterocycles. The van der Waals surface area contributed by atoms with Gasteiger partial charge in [-0.25, -0.2) is 0 Å². The molecule has 13 heavy (non-hydrogen) atoms. The molecule has 0 radical (unpaired) electrons. The number of hydrogen-bond donors (Lipinski definition) is 1. The summed E-state index contributed by atoms with van der Waals surface area (Å²) >= 11 is 0. The summed E-state index contributed by atoms with van der Waals surface area (Å²) in [4.78, 5) is 2.44. The third-order valence-corrected chi connectivity index (χ3v) is 2.66. The molecule has 0 heterocycles. The van der Waals surface area contributed by atoms with Gasteiger partial charge in [-0.2, -0.15) is 0 Å². The topological polar surface area (TPSA) is 15.3 Å². The van der Waals surface area contributed by atoms with Crippen LogP contribution in [0.2, 0.25) is 0 Å². The van der Waals surface area contributed by atoms with Gasteiger partial charge in [-0.1, -0.05) is 26.7 Å². The fourth-order valence-electron chi connectivity index (χ4n) is 1.47. The largest absolute Gasteiger partial charge is 0.313 e. The van der Waals surface area contributed by atoms with Crippen molar-refractivity contribution in [2.45, 2.75) is 39.2 Å². The van der Waals surface area contributed by atoms with E-state index in [0.29, 0.717) is 6.04 Å². The van der Waals surface area contributed by atoms with Gasteiger partial charge in [-0.05, 0) is 25.9 Å². The highest BCUT2D eigenvalue weighted by atomic mass is 15.1. The minimum Gasteiger partial charge on any atom is -0.313 e. The Morgan fingerprint density at radius 1 is 1.31 bits per heavy atom. The fraction of sp³-hybridized carbons (Fsp3) is 1.00. The monoisotopic (exact) mass is 184 g/mol. The zero-order valence-corrected chi connectivity index (χ0v) is 9.34. The molecule has 0 saturated heterocycles. The summed E-state index contributed by atoms with van der Waals surface area (Å²) < 4.78 is 0. The first-order valence-corrected chi connectivity index (χ1v) is 5.60. The van der Waals surface area contributed by atoms with E-state index >= 15 is 0 Å². The lowest BCUT2D eigenvalue weighted by atomic mass is 10.3. The molecular weight excluding hydrogens is 160 g/mol. The smallest absolute Gasteiger partial charge is 0.0104 e. The maximum atomic E-state index is 3.44. The fourth-order valence-corrected chi connectivity index (χ4v) is 1.47. The van der Waals surface area contributed by atoms with E-state index in [4.69, 9.17) is 0 Å². The van der Waals surface area contributed by atoms with Crippen LogP contribution in [0, 0.1) is 5.92 Å². The van der Waals surface area contributed by atoms with Crippen LogP contribution in [-0.4, -0.2) is 37.6 Å². The maximum absolute atomic E-state index is 3.44. The molecule has 2 nitrogen and oxygen atoms in total. The van der Waals surface area contributed by atoms with Crippen molar-refractivity contribution in [2.24, 2.45) is 5.92 Å². The molecule has 0 aromatic rings. The minimum absolute atomic E-state index is 0.622. The molecule has 2 heteroatoms. The molecule has 1 rings (SSSR count). The van der Waals surface area contributed by atoms with E-state index in [0.717, 1.165) is 12.5 Å². The Hall–Kier alpha value is -0.0800. The lowest BCUT2D eigenvalue weighted by molar-refractivity contribution is 0.316. The predicted octanol–water partition coefficient (Wildman–Crippen LogP) is 1.72. The molecule has 78 valence electrons. The number of nitrogens with one attached hydrogen (secondary N) is 1. The second-order valence-corrected chi connectivity index (χ2v) is 4.64. The van der Waals surface area contributed by atoms with E-state index in [1.54, 1.807) is 0 Å². The van der Waals surface area contributed by atoms with Crippen molar-refractivity contribution < 1.29 is 0 Å². The molecule has 1 aliphatic rings. The van der Waals surface area contributed by atoms with Crippen molar-refractivity contribution in [3.05, 3.63) is 0 Å². The molecule has 1 saturated carbocycles. The lowest BCUT2D eigenvalue weighted by Crippen LogP contribution is -2.33. The standard InChI is InChI=1S/C11H24N2/c1-10(2)12-7-9-13(3)8-6-11-4-5-11/h10-12H,4-9H2,1-3H3. The van der Waals surface area contributed by atoms with Gasteiger partial charge in [-0.15, -0.1) is 0 Å². The first kappa shape index (κ1) is 11.0. The van der Waals surface area contributed by atoms with Gasteiger partial charge in [0.25, 0.3) is 0 Å². The summed E-state index contributed by atoms with van der Waals surface area (Å²) in [5.74, 6) is 1.07. The van der Waals surface area contributed by atoms with Crippen LogP contribution in [0.4, 0.5) is 0 Å². The van der Waals surface area contributed by atoms with Gasteiger partial charge in [0.1, 0.15) is 0 Å². The van der Waals surface area contributed by atoms with Crippen molar-refractivity contribution in [1.29, 1.82) is 0 Å². The molecule has 0 spiro atoms. The summed E-state index contributed by atoms with van der Waals surface area (Å²) in [5, 5.41) is 3.44. The zero-order valence-electron chi connectivity index (χ0n) is 9.34. The van der Waals surface area contributed by atoms with Gasteiger partial charge in [0.2, 0.25) is 0 Å². The van der Waals surface area contributed by atoms with Crippen molar-refractivity contribution in [1.82, 2.24) is 10.2 Å². The maximum Gasteiger partial charge on any atom is 0.0104 e. The van der Waals surface area contributed by atoms with E-state index in [9.17, 15) is 0 Å². The van der Waals surface area contributed by atoms with Gasteiger partial charge in [0.15, 0.2) is 0 Å². The van der Waals surface area contributed by atoms with Crippen molar-refractivity contribution in [2.75, 3.05) is 26.7 Å².